The van der Waals surface area contributed by atoms with Crippen molar-refractivity contribution in [2.75, 3.05) is 0 Å². The van der Waals surface area contributed by atoms with Crippen LogP contribution in [0.25, 0.3) is 0 Å². The standard InChI is InChI=1S/C15H16BrNO2/c1-9-4-13(5-10(2)15(9)16)19-14-6-11(3)17-7-12(14)8-18/h4-7,18H,8H2,1-3H3. The van der Waals surface area contributed by atoms with Gasteiger partial charge in [-0.1, -0.05) is 15.9 Å². The van der Waals surface area contributed by atoms with Gasteiger partial charge < -0.3 is 9.84 Å². The molecule has 1 N–H and O–H groups in total. The van der Waals surface area contributed by atoms with E-state index in [1.807, 2.05) is 39.0 Å². The molecule has 1 aromatic heterocycles. The number of ether oxygens (including phenoxy) is 1. The Kier molecular flexibility index (Phi) is 4.22. The molecule has 1 heterocycles. The van der Waals surface area contributed by atoms with Crippen LogP contribution in [0.4, 0.5) is 0 Å². The molecule has 2 rings (SSSR count). The van der Waals surface area contributed by atoms with Crippen LogP contribution < -0.4 is 4.74 Å². The van der Waals surface area contributed by atoms with Gasteiger partial charge in [0.2, 0.25) is 0 Å². The lowest BCUT2D eigenvalue weighted by atomic mass is 10.1. The van der Waals surface area contributed by atoms with Gasteiger partial charge >= 0.3 is 0 Å². The van der Waals surface area contributed by atoms with Crippen molar-refractivity contribution < 1.29 is 9.84 Å². The SMILES string of the molecule is Cc1cc(Oc2cc(C)c(Br)c(C)c2)c(CO)cn1. The zero-order valence-electron chi connectivity index (χ0n) is 11.2. The summed E-state index contributed by atoms with van der Waals surface area (Å²) < 4.78 is 6.97. The molecule has 0 atom stereocenters. The van der Waals surface area contributed by atoms with Gasteiger partial charge in [0.1, 0.15) is 11.5 Å². The molecule has 1 aromatic carbocycles. The minimum absolute atomic E-state index is 0.0862. The van der Waals surface area contributed by atoms with E-state index in [9.17, 15) is 5.11 Å². The number of aromatic nitrogens is 1. The van der Waals surface area contributed by atoms with Gasteiger partial charge in [0.15, 0.2) is 0 Å². The summed E-state index contributed by atoms with van der Waals surface area (Å²) in [5.74, 6) is 1.41. The molecule has 19 heavy (non-hydrogen) atoms. The zero-order valence-corrected chi connectivity index (χ0v) is 12.8. The first-order valence-electron chi connectivity index (χ1n) is 6.02. The smallest absolute Gasteiger partial charge is 0.136 e. The van der Waals surface area contributed by atoms with Gasteiger partial charge in [-0.05, 0) is 44.0 Å². The summed E-state index contributed by atoms with van der Waals surface area (Å²) in [4.78, 5) is 4.15. The van der Waals surface area contributed by atoms with Crippen LogP contribution >= 0.6 is 15.9 Å². The Morgan fingerprint density at radius 2 is 1.79 bits per heavy atom. The zero-order chi connectivity index (χ0) is 14.0. The third-order valence-electron chi connectivity index (χ3n) is 2.89. The number of nitrogens with zero attached hydrogens (tertiary/aromatic N) is 1. The molecule has 0 aliphatic carbocycles. The second kappa shape index (κ2) is 5.72. The number of aliphatic hydroxyl groups excluding tert-OH is 1. The van der Waals surface area contributed by atoms with E-state index in [1.165, 1.54) is 0 Å². The number of benzene rings is 1. The average molecular weight is 322 g/mol. The molecule has 0 fully saturated rings. The van der Waals surface area contributed by atoms with E-state index in [1.54, 1.807) is 6.20 Å². The largest absolute Gasteiger partial charge is 0.457 e. The number of hydrogen-bond acceptors (Lipinski definition) is 3. The second-order valence-electron chi connectivity index (χ2n) is 4.56. The van der Waals surface area contributed by atoms with Gasteiger partial charge in [-0.25, -0.2) is 0 Å². The summed E-state index contributed by atoms with van der Waals surface area (Å²) in [6, 6.07) is 5.76. The summed E-state index contributed by atoms with van der Waals surface area (Å²) in [5, 5.41) is 9.31. The fourth-order valence-corrected chi connectivity index (χ4v) is 2.10. The van der Waals surface area contributed by atoms with Crippen LogP contribution in [0, 0.1) is 20.8 Å². The Bertz CT molecular complexity index is 588. The predicted octanol–water partition coefficient (Wildman–Crippen LogP) is 4.05. The van der Waals surface area contributed by atoms with Crippen LogP contribution in [0.3, 0.4) is 0 Å². The lowest BCUT2D eigenvalue weighted by Crippen LogP contribution is -1.95. The average Bonchev–Trinajstić information content (AvgIpc) is 2.36. The molecule has 3 nitrogen and oxygen atoms in total. The van der Waals surface area contributed by atoms with E-state index in [4.69, 9.17) is 4.74 Å². The third kappa shape index (κ3) is 3.14. The molecular formula is C15H16BrNO2. The summed E-state index contributed by atoms with van der Waals surface area (Å²) in [6.45, 7) is 5.85. The highest BCUT2D eigenvalue weighted by molar-refractivity contribution is 9.10. The molecule has 0 aliphatic heterocycles. The maximum Gasteiger partial charge on any atom is 0.136 e. The Morgan fingerprint density at radius 3 is 2.37 bits per heavy atom. The molecular weight excluding hydrogens is 306 g/mol. The first kappa shape index (κ1) is 14.0. The fourth-order valence-electron chi connectivity index (χ4n) is 1.87. The molecule has 2 aromatic rings. The number of halogens is 1. The molecule has 0 aliphatic rings. The highest BCUT2D eigenvalue weighted by Crippen LogP contribution is 2.31. The van der Waals surface area contributed by atoms with Gasteiger partial charge in [-0.15, -0.1) is 0 Å². The van der Waals surface area contributed by atoms with E-state index in [2.05, 4.69) is 20.9 Å². The minimum atomic E-state index is -0.0862. The molecule has 100 valence electrons. The number of pyridine rings is 1. The normalized spacial score (nSPS) is 10.6. The minimum Gasteiger partial charge on any atom is -0.457 e. The van der Waals surface area contributed by atoms with Gasteiger partial charge in [0.25, 0.3) is 0 Å². The first-order valence-corrected chi connectivity index (χ1v) is 6.81. The third-order valence-corrected chi connectivity index (χ3v) is 4.14. The maximum atomic E-state index is 9.31. The van der Waals surface area contributed by atoms with Crippen LogP contribution in [-0.2, 0) is 6.61 Å². The van der Waals surface area contributed by atoms with Gasteiger partial charge in [-0.3, -0.25) is 4.98 Å². The first-order chi connectivity index (χ1) is 9.01. The van der Waals surface area contributed by atoms with Crippen molar-refractivity contribution in [2.24, 2.45) is 0 Å². The van der Waals surface area contributed by atoms with E-state index in [0.717, 1.165) is 27.0 Å². The highest BCUT2D eigenvalue weighted by Gasteiger charge is 2.08. The van der Waals surface area contributed by atoms with Crippen molar-refractivity contribution in [3.63, 3.8) is 0 Å². The monoisotopic (exact) mass is 321 g/mol. The number of rotatable bonds is 3. The van der Waals surface area contributed by atoms with Crippen molar-refractivity contribution in [3.05, 3.63) is 51.3 Å². The van der Waals surface area contributed by atoms with Crippen LogP contribution in [0.1, 0.15) is 22.4 Å². The fraction of sp³-hybridized carbons (Fsp3) is 0.267. The molecule has 0 saturated carbocycles. The van der Waals surface area contributed by atoms with Crippen LogP contribution in [0.5, 0.6) is 11.5 Å². The Morgan fingerprint density at radius 1 is 1.16 bits per heavy atom. The second-order valence-corrected chi connectivity index (χ2v) is 5.36. The maximum absolute atomic E-state index is 9.31. The summed E-state index contributed by atoms with van der Waals surface area (Å²) in [5.41, 5.74) is 3.78. The highest BCUT2D eigenvalue weighted by atomic mass is 79.9. The van der Waals surface area contributed by atoms with Gasteiger partial charge in [-0.2, -0.15) is 0 Å². The van der Waals surface area contributed by atoms with E-state index in [0.29, 0.717) is 11.3 Å². The summed E-state index contributed by atoms with van der Waals surface area (Å²) in [6.07, 6.45) is 1.64. The van der Waals surface area contributed by atoms with Crippen molar-refractivity contribution in [2.45, 2.75) is 27.4 Å². The van der Waals surface area contributed by atoms with E-state index >= 15 is 0 Å². The Hall–Kier alpha value is -1.39. The van der Waals surface area contributed by atoms with Crippen LogP contribution in [-0.4, -0.2) is 10.1 Å². The Labute approximate surface area is 121 Å². The van der Waals surface area contributed by atoms with Crippen molar-refractivity contribution in [1.29, 1.82) is 0 Å². The topological polar surface area (TPSA) is 42.4 Å². The van der Waals surface area contributed by atoms with E-state index in [-0.39, 0.29) is 6.61 Å². The van der Waals surface area contributed by atoms with Crippen LogP contribution in [0.15, 0.2) is 28.9 Å². The van der Waals surface area contributed by atoms with Crippen molar-refractivity contribution in [1.82, 2.24) is 4.98 Å². The van der Waals surface area contributed by atoms with Crippen molar-refractivity contribution in [3.8, 4) is 11.5 Å². The molecule has 0 unspecified atom stereocenters. The molecule has 4 heteroatoms. The summed E-state index contributed by atoms with van der Waals surface area (Å²) >= 11 is 3.53. The predicted molar refractivity (Wildman–Crippen MR) is 78.6 cm³/mol. The molecule has 0 saturated heterocycles. The lowest BCUT2D eigenvalue weighted by molar-refractivity contribution is 0.276. The quantitative estimate of drug-likeness (QED) is 0.927. The van der Waals surface area contributed by atoms with E-state index < -0.39 is 0 Å². The number of hydrogen-bond donors (Lipinski definition) is 1. The summed E-state index contributed by atoms with van der Waals surface area (Å²) in [7, 11) is 0. The molecule has 0 bridgehead atoms. The van der Waals surface area contributed by atoms with Crippen LogP contribution in [0.2, 0.25) is 0 Å². The Balaban J connectivity index is 2.38. The van der Waals surface area contributed by atoms with Gasteiger partial charge in [0.05, 0.1) is 6.61 Å². The number of aliphatic hydroxyl groups is 1. The van der Waals surface area contributed by atoms with Gasteiger partial charge in [0, 0.05) is 28.0 Å². The molecule has 0 amide bonds. The number of aryl methyl sites for hydroxylation is 3. The van der Waals surface area contributed by atoms with Crippen molar-refractivity contribution >= 4 is 15.9 Å². The molecule has 0 radical (unpaired) electrons. The molecule has 0 spiro atoms. The lowest BCUT2D eigenvalue weighted by Gasteiger charge is -2.12.